The highest BCUT2D eigenvalue weighted by Crippen LogP contribution is 2.28. The lowest BCUT2D eigenvalue weighted by molar-refractivity contribution is -0.170. The van der Waals surface area contributed by atoms with Crippen molar-refractivity contribution in [1.29, 1.82) is 0 Å². The molecule has 0 radical (unpaired) electrons. The maximum absolute atomic E-state index is 12.0. The molecule has 0 aliphatic carbocycles. The Balaban J connectivity index is 1.63. The zero-order valence-electron chi connectivity index (χ0n) is 14.3. The first kappa shape index (κ1) is 17.6. The van der Waals surface area contributed by atoms with Crippen LogP contribution in [0.2, 0.25) is 0 Å². The van der Waals surface area contributed by atoms with Crippen molar-refractivity contribution >= 4 is 11.9 Å². The lowest BCUT2D eigenvalue weighted by atomic mass is 10.1. The summed E-state index contributed by atoms with van der Waals surface area (Å²) >= 11 is 0. The zero-order chi connectivity index (χ0) is 17.2. The van der Waals surface area contributed by atoms with Gasteiger partial charge in [-0.05, 0) is 20.3 Å². The van der Waals surface area contributed by atoms with Crippen LogP contribution in [0.3, 0.4) is 0 Å². The normalized spacial score (nSPS) is 41.8. The maximum atomic E-state index is 12.0. The van der Waals surface area contributed by atoms with Crippen LogP contribution < -0.4 is 10.6 Å². The molecule has 24 heavy (non-hydrogen) atoms. The molecule has 4 bridgehead atoms. The fourth-order valence-corrected chi connectivity index (χ4v) is 3.20. The van der Waals surface area contributed by atoms with Gasteiger partial charge in [0.25, 0.3) is 0 Å². The highest BCUT2D eigenvalue weighted by Gasteiger charge is 2.39. The van der Waals surface area contributed by atoms with Gasteiger partial charge in [0.15, 0.2) is 5.79 Å². The fraction of sp³-hybridized carbons (Fsp3) is 0.875. The zero-order valence-corrected chi connectivity index (χ0v) is 14.3. The summed E-state index contributed by atoms with van der Waals surface area (Å²) < 4.78 is 22.7. The van der Waals surface area contributed by atoms with Crippen molar-refractivity contribution in [2.45, 2.75) is 63.3 Å². The maximum Gasteiger partial charge on any atom is 0.306 e. The summed E-state index contributed by atoms with van der Waals surface area (Å²) in [6.07, 6.45) is 1.12. The molecule has 8 heteroatoms. The minimum Gasteiger partial charge on any atom is -0.463 e. The van der Waals surface area contributed by atoms with Crippen molar-refractivity contribution in [1.82, 2.24) is 10.6 Å². The molecular formula is C16H26N2O6. The van der Waals surface area contributed by atoms with Gasteiger partial charge < -0.3 is 24.3 Å². The second kappa shape index (κ2) is 6.95. The number of amides is 1. The largest absolute Gasteiger partial charge is 0.463 e. The monoisotopic (exact) mass is 342 g/mol. The number of carbonyl (C=O) groups is 2. The Morgan fingerprint density at radius 2 is 1.79 bits per heavy atom. The number of ether oxygens (including phenoxy) is 4. The Morgan fingerprint density at radius 1 is 1.00 bits per heavy atom. The van der Waals surface area contributed by atoms with E-state index < -0.39 is 11.5 Å². The van der Waals surface area contributed by atoms with Gasteiger partial charge in [-0.1, -0.05) is 0 Å². The van der Waals surface area contributed by atoms with E-state index in [1.807, 2.05) is 6.92 Å². The first-order valence-corrected chi connectivity index (χ1v) is 8.53. The topological polar surface area (TPSA) is 95.1 Å². The van der Waals surface area contributed by atoms with Gasteiger partial charge in [0.05, 0.1) is 13.0 Å². The van der Waals surface area contributed by atoms with Crippen molar-refractivity contribution in [2.24, 2.45) is 0 Å². The molecule has 3 aliphatic rings. The van der Waals surface area contributed by atoms with E-state index in [2.05, 4.69) is 10.6 Å². The molecule has 1 amide bonds. The lowest BCUT2D eigenvalue weighted by Crippen LogP contribution is -2.40. The first-order chi connectivity index (χ1) is 11.4. The lowest BCUT2D eigenvalue weighted by Gasteiger charge is -2.25. The molecule has 3 aliphatic heterocycles. The SMILES string of the molecule is CC12CCC(=O)NCC3COC(C)(CCC(=O)OCC(CN1)O2)O3. The summed E-state index contributed by atoms with van der Waals surface area (Å²) in [6, 6.07) is 0. The van der Waals surface area contributed by atoms with Crippen LogP contribution in [0.4, 0.5) is 0 Å². The number of esters is 1. The van der Waals surface area contributed by atoms with Gasteiger partial charge in [-0.15, -0.1) is 0 Å². The quantitative estimate of drug-likeness (QED) is 0.601. The second-order valence-corrected chi connectivity index (χ2v) is 7.02. The number of nitrogens with one attached hydrogen (secondary N) is 2. The molecular weight excluding hydrogens is 316 g/mol. The van der Waals surface area contributed by atoms with Crippen LogP contribution in [0.1, 0.15) is 39.5 Å². The molecule has 0 aromatic carbocycles. The third kappa shape index (κ3) is 4.44. The molecule has 4 atom stereocenters. The molecule has 3 heterocycles. The molecule has 0 saturated carbocycles. The number of hydrogen-bond donors (Lipinski definition) is 2. The van der Waals surface area contributed by atoms with Crippen molar-refractivity contribution in [3.63, 3.8) is 0 Å². The molecule has 0 spiro atoms. The minimum atomic E-state index is -0.810. The number of rotatable bonds is 0. The summed E-state index contributed by atoms with van der Waals surface area (Å²) in [6.45, 7) is 5.31. The molecule has 3 fully saturated rings. The summed E-state index contributed by atoms with van der Waals surface area (Å²) in [4.78, 5) is 24.0. The third-order valence-corrected chi connectivity index (χ3v) is 4.69. The molecule has 2 N–H and O–H groups in total. The van der Waals surface area contributed by atoms with Crippen LogP contribution >= 0.6 is 0 Å². The van der Waals surface area contributed by atoms with Gasteiger partial charge in [-0.2, -0.15) is 0 Å². The standard InChI is InChI=1S/C16H26N2O6/c1-15-5-3-13(19)17-7-11-10-22-16(2,24-11)6-4-14(20)21-9-12(23-15)8-18-15/h11-12,18H,3-10H2,1-2H3,(H,17,19). The first-order valence-electron chi connectivity index (χ1n) is 8.53. The Bertz CT molecular complexity index is 457. The minimum absolute atomic E-state index is 0.0409. The van der Waals surface area contributed by atoms with E-state index in [0.717, 1.165) is 0 Å². The van der Waals surface area contributed by atoms with Gasteiger partial charge in [0.1, 0.15) is 24.5 Å². The predicted octanol–water partition coefficient (Wildman–Crippen LogP) is 0.0560. The van der Waals surface area contributed by atoms with Crippen molar-refractivity contribution in [2.75, 3.05) is 26.3 Å². The summed E-state index contributed by atoms with van der Waals surface area (Å²) in [5.74, 6) is -1.14. The Hall–Kier alpha value is -1.22. The number of fused-ring (bicyclic) bond motifs is 4. The number of cyclic esters (lactones) is 1. The van der Waals surface area contributed by atoms with Gasteiger partial charge in [0, 0.05) is 25.9 Å². The highest BCUT2D eigenvalue weighted by molar-refractivity contribution is 5.76. The Morgan fingerprint density at radius 3 is 2.62 bits per heavy atom. The molecule has 0 aromatic heterocycles. The van der Waals surface area contributed by atoms with E-state index >= 15 is 0 Å². The number of hydrogen-bond acceptors (Lipinski definition) is 7. The van der Waals surface area contributed by atoms with E-state index in [0.29, 0.717) is 39.0 Å². The van der Waals surface area contributed by atoms with Crippen molar-refractivity contribution < 1.29 is 28.5 Å². The molecule has 136 valence electrons. The van der Waals surface area contributed by atoms with Gasteiger partial charge in [-0.3, -0.25) is 14.9 Å². The van der Waals surface area contributed by atoms with Crippen LogP contribution in [0.5, 0.6) is 0 Å². The van der Waals surface area contributed by atoms with Gasteiger partial charge >= 0.3 is 5.97 Å². The summed E-state index contributed by atoms with van der Waals surface area (Å²) in [5.41, 5.74) is -0.572. The van der Waals surface area contributed by atoms with Crippen LogP contribution in [0.15, 0.2) is 0 Å². The Kier molecular flexibility index (Phi) is 5.10. The summed E-state index contributed by atoms with van der Waals surface area (Å²) in [7, 11) is 0. The van der Waals surface area contributed by atoms with Crippen molar-refractivity contribution in [3.8, 4) is 0 Å². The second-order valence-electron chi connectivity index (χ2n) is 7.02. The molecule has 0 aromatic rings. The summed E-state index contributed by atoms with van der Waals surface area (Å²) in [5, 5.41) is 6.13. The molecule has 8 nitrogen and oxygen atoms in total. The number of carbonyl (C=O) groups excluding carboxylic acids is 2. The van der Waals surface area contributed by atoms with Gasteiger partial charge in [-0.25, -0.2) is 0 Å². The van der Waals surface area contributed by atoms with Gasteiger partial charge in [0.2, 0.25) is 5.91 Å². The molecule has 4 unspecified atom stereocenters. The van der Waals surface area contributed by atoms with E-state index in [9.17, 15) is 9.59 Å². The van der Waals surface area contributed by atoms with Crippen molar-refractivity contribution in [3.05, 3.63) is 0 Å². The fourth-order valence-electron chi connectivity index (χ4n) is 3.20. The van der Waals surface area contributed by atoms with Crippen LogP contribution in [-0.4, -0.2) is 61.9 Å². The predicted molar refractivity (Wildman–Crippen MR) is 82.9 cm³/mol. The average Bonchev–Trinajstić information content (AvgIpc) is 3.11. The van der Waals surface area contributed by atoms with E-state index in [4.69, 9.17) is 18.9 Å². The molecule has 3 saturated heterocycles. The Labute approximate surface area is 141 Å². The van der Waals surface area contributed by atoms with Crippen LogP contribution in [0, 0.1) is 0 Å². The smallest absolute Gasteiger partial charge is 0.306 e. The van der Waals surface area contributed by atoms with E-state index in [1.165, 1.54) is 0 Å². The highest BCUT2D eigenvalue weighted by atomic mass is 16.7. The average molecular weight is 342 g/mol. The molecule has 3 rings (SSSR count). The van der Waals surface area contributed by atoms with E-state index in [1.54, 1.807) is 6.92 Å². The van der Waals surface area contributed by atoms with Crippen LogP contribution in [-0.2, 0) is 28.5 Å². The van der Waals surface area contributed by atoms with Crippen LogP contribution in [0.25, 0.3) is 0 Å². The third-order valence-electron chi connectivity index (χ3n) is 4.69. The van der Waals surface area contributed by atoms with E-state index in [-0.39, 0.29) is 37.1 Å².